The lowest BCUT2D eigenvalue weighted by atomic mass is 10.00. The Balaban J connectivity index is 1.81. The average molecular weight is 240 g/mol. The fourth-order valence-electron chi connectivity index (χ4n) is 2.50. The molecule has 1 saturated heterocycles. The molecule has 96 valence electrons. The maximum absolute atomic E-state index is 11.9. The van der Waals surface area contributed by atoms with Crippen LogP contribution in [0.2, 0.25) is 0 Å². The zero-order valence-electron chi connectivity index (χ0n) is 10.7. The number of Topliss-reactive ketones (excluding diaryl/α,β-unsaturated/α-hetero) is 1. The Morgan fingerprint density at radius 2 is 2.12 bits per heavy atom. The summed E-state index contributed by atoms with van der Waals surface area (Å²) in [6.07, 6.45) is 1.75. The highest BCUT2D eigenvalue weighted by Crippen LogP contribution is 2.58. The molecule has 1 heterocycles. The van der Waals surface area contributed by atoms with Crippen LogP contribution in [0.5, 0.6) is 0 Å². The van der Waals surface area contributed by atoms with Crippen molar-refractivity contribution in [3.63, 3.8) is 0 Å². The summed E-state index contributed by atoms with van der Waals surface area (Å²) in [5.74, 6) is -0.370. The Bertz CT molecular complexity index is 334. The van der Waals surface area contributed by atoms with Crippen LogP contribution in [0.1, 0.15) is 40.0 Å². The van der Waals surface area contributed by atoms with Gasteiger partial charge in [-0.3, -0.25) is 9.59 Å². The first-order chi connectivity index (χ1) is 7.82. The molecule has 2 fully saturated rings. The van der Waals surface area contributed by atoms with Gasteiger partial charge in [0.25, 0.3) is 0 Å². The van der Waals surface area contributed by atoms with E-state index in [1.165, 1.54) is 0 Å². The number of hydrogen-bond acceptors (Lipinski definition) is 4. The van der Waals surface area contributed by atoms with Gasteiger partial charge in [-0.05, 0) is 33.6 Å². The molecule has 0 bridgehead atoms. The molecule has 0 N–H and O–H groups in total. The molecule has 0 aromatic rings. The fraction of sp³-hybridized carbons (Fsp3) is 0.846. The van der Waals surface area contributed by atoms with E-state index in [-0.39, 0.29) is 23.5 Å². The number of ether oxygens (including phenoxy) is 2. The summed E-state index contributed by atoms with van der Waals surface area (Å²) in [6, 6.07) is 0. The van der Waals surface area contributed by atoms with Crippen molar-refractivity contribution in [1.29, 1.82) is 0 Å². The van der Waals surface area contributed by atoms with Crippen LogP contribution in [0, 0.1) is 11.3 Å². The molecule has 2 rings (SSSR count). The molecular formula is C13H20O4. The van der Waals surface area contributed by atoms with Gasteiger partial charge in [0, 0.05) is 17.9 Å². The normalized spacial score (nSPS) is 31.6. The van der Waals surface area contributed by atoms with Crippen molar-refractivity contribution in [2.24, 2.45) is 11.3 Å². The lowest BCUT2D eigenvalue weighted by Gasteiger charge is -2.19. The highest BCUT2D eigenvalue weighted by Gasteiger charge is 2.59. The third kappa shape index (κ3) is 2.86. The van der Waals surface area contributed by atoms with Crippen LogP contribution in [0.25, 0.3) is 0 Å². The van der Waals surface area contributed by atoms with Gasteiger partial charge in [0.05, 0.1) is 6.61 Å². The lowest BCUT2D eigenvalue weighted by molar-refractivity contribution is -0.156. The average Bonchev–Trinajstić information content (AvgIpc) is 2.61. The highest BCUT2D eigenvalue weighted by atomic mass is 16.6. The largest absolute Gasteiger partial charge is 0.460 e. The predicted molar refractivity (Wildman–Crippen MR) is 61.4 cm³/mol. The smallest absolute Gasteiger partial charge is 0.313 e. The van der Waals surface area contributed by atoms with Gasteiger partial charge in [0.1, 0.15) is 17.8 Å². The van der Waals surface area contributed by atoms with E-state index in [9.17, 15) is 9.59 Å². The Morgan fingerprint density at radius 3 is 2.65 bits per heavy atom. The summed E-state index contributed by atoms with van der Waals surface area (Å²) in [5.41, 5.74) is -0.450. The van der Waals surface area contributed by atoms with E-state index >= 15 is 0 Å². The minimum atomic E-state index is -0.519. The third-order valence-electron chi connectivity index (χ3n) is 3.45. The van der Waals surface area contributed by atoms with Crippen molar-refractivity contribution < 1.29 is 19.1 Å². The second-order valence-electron chi connectivity index (χ2n) is 6.15. The number of esters is 1. The van der Waals surface area contributed by atoms with E-state index in [2.05, 4.69) is 0 Å². The first-order valence-electron chi connectivity index (χ1n) is 6.15. The van der Waals surface area contributed by atoms with E-state index in [0.29, 0.717) is 6.61 Å². The molecule has 2 unspecified atom stereocenters. The molecule has 2 aliphatic rings. The molecule has 0 aromatic heterocycles. The number of carbonyl (C=O) groups is 2. The summed E-state index contributed by atoms with van der Waals surface area (Å²) in [6.45, 7) is 6.84. The topological polar surface area (TPSA) is 52.6 Å². The second kappa shape index (κ2) is 4.09. The number of ketones is 1. The Hall–Kier alpha value is -0.900. The molecule has 17 heavy (non-hydrogen) atoms. The predicted octanol–water partition coefficient (Wildman–Crippen LogP) is 1.71. The van der Waals surface area contributed by atoms with Gasteiger partial charge in [-0.25, -0.2) is 0 Å². The summed E-state index contributed by atoms with van der Waals surface area (Å²) >= 11 is 0. The maximum atomic E-state index is 11.9. The van der Waals surface area contributed by atoms with Crippen LogP contribution in [-0.2, 0) is 19.1 Å². The van der Waals surface area contributed by atoms with E-state index in [1.54, 1.807) is 20.8 Å². The van der Waals surface area contributed by atoms with E-state index in [1.807, 2.05) is 0 Å². The molecule has 1 saturated carbocycles. The minimum absolute atomic E-state index is 0.0183. The quantitative estimate of drug-likeness (QED) is 0.556. The molecule has 1 aliphatic carbocycles. The van der Waals surface area contributed by atoms with Crippen molar-refractivity contribution >= 4 is 11.8 Å². The van der Waals surface area contributed by atoms with Gasteiger partial charge >= 0.3 is 5.97 Å². The second-order valence-corrected chi connectivity index (χ2v) is 6.15. The molecule has 0 aromatic carbocycles. The monoisotopic (exact) mass is 240 g/mol. The fourth-order valence-corrected chi connectivity index (χ4v) is 2.50. The summed E-state index contributed by atoms with van der Waals surface area (Å²) < 4.78 is 10.5. The first kappa shape index (κ1) is 12.6. The van der Waals surface area contributed by atoms with E-state index < -0.39 is 11.6 Å². The summed E-state index contributed by atoms with van der Waals surface area (Å²) in [4.78, 5) is 23.4. The molecule has 2 atom stereocenters. The standard InChI is InChI=1S/C13H20O4/c1-12(2,3)17-11(15)6-10(14)9-7-13(9)4-5-16-8-13/h9H,4-8H2,1-3H3. The van der Waals surface area contributed by atoms with E-state index in [0.717, 1.165) is 19.4 Å². The molecular weight excluding hydrogens is 220 g/mol. The molecule has 4 heteroatoms. The lowest BCUT2D eigenvalue weighted by Crippen LogP contribution is -2.26. The minimum Gasteiger partial charge on any atom is -0.460 e. The highest BCUT2D eigenvalue weighted by molar-refractivity contribution is 5.98. The third-order valence-corrected chi connectivity index (χ3v) is 3.45. The summed E-state index contributed by atoms with van der Waals surface area (Å²) in [5, 5.41) is 0. The molecule has 4 nitrogen and oxygen atoms in total. The molecule has 1 aliphatic heterocycles. The Kier molecular flexibility index (Phi) is 3.02. The molecule has 0 radical (unpaired) electrons. The van der Waals surface area contributed by atoms with Crippen molar-refractivity contribution in [1.82, 2.24) is 0 Å². The molecule has 0 amide bonds. The first-order valence-corrected chi connectivity index (χ1v) is 6.15. The van der Waals surface area contributed by atoms with Gasteiger partial charge in [0.2, 0.25) is 0 Å². The van der Waals surface area contributed by atoms with Gasteiger partial charge in [-0.15, -0.1) is 0 Å². The zero-order valence-corrected chi connectivity index (χ0v) is 10.7. The zero-order chi connectivity index (χ0) is 12.7. The van der Waals surface area contributed by atoms with Crippen LogP contribution < -0.4 is 0 Å². The van der Waals surface area contributed by atoms with Crippen molar-refractivity contribution in [3.8, 4) is 0 Å². The van der Waals surface area contributed by atoms with E-state index in [4.69, 9.17) is 9.47 Å². The van der Waals surface area contributed by atoms with Gasteiger partial charge in [0.15, 0.2) is 0 Å². The Morgan fingerprint density at radius 1 is 1.41 bits per heavy atom. The number of rotatable bonds is 3. The van der Waals surface area contributed by atoms with Gasteiger partial charge in [-0.2, -0.15) is 0 Å². The van der Waals surface area contributed by atoms with Crippen LogP contribution in [0.4, 0.5) is 0 Å². The van der Waals surface area contributed by atoms with Crippen molar-refractivity contribution in [2.75, 3.05) is 13.2 Å². The maximum Gasteiger partial charge on any atom is 0.313 e. The van der Waals surface area contributed by atoms with Crippen LogP contribution in [0.15, 0.2) is 0 Å². The molecule has 1 spiro atoms. The SMILES string of the molecule is CC(C)(C)OC(=O)CC(=O)C1CC12CCOC2. The number of hydrogen-bond donors (Lipinski definition) is 0. The van der Waals surface area contributed by atoms with Gasteiger partial charge in [-0.1, -0.05) is 0 Å². The summed E-state index contributed by atoms with van der Waals surface area (Å²) in [7, 11) is 0. The number of carbonyl (C=O) groups excluding carboxylic acids is 2. The van der Waals surface area contributed by atoms with Gasteiger partial charge < -0.3 is 9.47 Å². The van der Waals surface area contributed by atoms with Crippen LogP contribution >= 0.6 is 0 Å². The Labute approximate surface area is 102 Å². The van der Waals surface area contributed by atoms with Crippen LogP contribution in [-0.4, -0.2) is 30.6 Å². The van der Waals surface area contributed by atoms with Crippen molar-refractivity contribution in [2.45, 2.75) is 45.6 Å². The van der Waals surface area contributed by atoms with Crippen molar-refractivity contribution in [3.05, 3.63) is 0 Å². The van der Waals surface area contributed by atoms with Crippen LogP contribution in [0.3, 0.4) is 0 Å².